The Hall–Kier alpha value is -2.07. The predicted octanol–water partition coefficient (Wildman–Crippen LogP) is 2.80. The van der Waals surface area contributed by atoms with Crippen molar-refractivity contribution in [1.29, 1.82) is 0 Å². The van der Waals surface area contributed by atoms with Gasteiger partial charge in [-0.05, 0) is 32.1 Å². The molecule has 2 aromatic rings. The highest BCUT2D eigenvalue weighted by Crippen LogP contribution is 2.22. The van der Waals surface area contributed by atoms with Gasteiger partial charge in [0, 0.05) is 25.2 Å². The van der Waals surface area contributed by atoms with Crippen LogP contribution in [0.5, 0.6) is 5.88 Å². The average Bonchev–Trinajstić information content (AvgIpc) is 3.05. The van der Waals surface area contributed by atoms with Crippen LogP contribution >= 0.6 is 0 Å². The third kappa shape index (κ3) is 3.57. The third-order valence-corrected chi connectivity index (χ3v) is 4.16. The molecule has 2 heterocycles. The summed E-state index contributed by atoms with van der Waals surface area (Å²) in [7, 11) is 4.28. The fourth-order valence-electron chi connectivity index (χ4n) is 2.76. The highest BCUT2D eigenvalue weighted by Gasteiger charge is 2.24. The van der Waals surface area contributed by atoms with Crippen molar-refractivity contribution in [1.82, 2.24) is 9.88 Å². The van der Waals surface area contributed by atoms with E-state index in [0.29, 0.717) is 18.5 Å². The molecule has 1 aromatic heterocycles. The average molecular weight is 297 g/mol. The van der Waals surface area contributed by atoms with Crippen molar-refractivity contribution >= 4 is 5.82 Å². The summed E-state index contributed by atoms with van der Waals surface area (Å²) < 4.78 is 5.82. The summed E-state index contributed by atoms with van der Waals surface area (Å²) in [4.78, 5) is 9.27. The lowest BCUT2D eigenvalue weighted by Gasteiger charge is -2.21. The van der Waals surface area contributed by atoms with Crippen LogP contribution in [-0.2, 0) is 6.61 Å². The molecule has 4 heteroatoms. The molecule has 1 atom stereocenters. The first-order valence-electron chi connectivity index (χ1n) is 7.77. The molecule has 0 radical (unpaired) electrons. The van der Waals surface area contributed by atoms with Gasteiger partial charge in [0.2, 0.25) is 5.88 Å². The second kappa shape index (κ2) is 6.79. The lowest BCUT2D eigenvalue weighted by atomic mass is 10.2. The minimum absolute atomic E-state index is 0.553. The van der Waals surface area contributed by atoms with E-state index in [1.807, 2.05) is 30.3 Å². The molecule has 0 saturated carbocycles. The van der Waals surface area contributed by atoms with Gasteiger partial charge in [0.15, 0.2) is 0 Å². The van der Waals surface area contributed by atoms with Crippen LogP contribution in [0.4, 0.5) is 5.82 Å². The Morgan fingerprint density at radius 2 is 1.95 bits per heavy atom. The first-order valence-corrected chi connectivity index (χ1v) is 7.77. The fraction of sp³-hybridized carbons (Fsp3) is 0.389. The smallest absolute Gasteiger partial charge is 0.215 e. The molecule has 22 heavy (non-hydrogen) atoms. The first-order chi connectivity index (χ1) is 10.7. The van der Waals surface area contributed by atoms with Crippen molar-refractivity contribution < 1.29 is 4.74 Å². The molecule has 4 nitrogen and oxygen atoms in total. The summed E-state index contributed by atoms with van der Waals surface area (Å²) in [5.74, 6) is 1.70. The van der Waals surface area contributed by atoms with Crippen molar-refractivity contribution in [2.45, 2.75) is 19.1 Å². The number of hydrogen-bond acceptors (Lipinski definition) is 4. The van der Waals surface area contributed by atoms with Crippen LogP contribution in [-0.4, -0.2) is 43.1 Å². The van der Waals surface area contributed by atoms with Crippen molar-refractivity contribution in [2.24, 2.45) is 0 Å². The Kier molecular flexibility index (Phi) is 4.59. The maximum absolute atomic E-state index is 5.82. The van der Waals surface area contributed by atoms with Gasteiger partial charge in [-0.25, -0.2) is 0 Å². The standard InChI is InChI=1S/C18H23N3O/c1-20(2)16-11-12-21(13-16)17-9-6-10-18(19-17)22-14-15-7-4-3-5-8-15/h3-10,16H,11-14H2,1-2H3. The van der Waals surface area contributed by atoms with E-state index in [1.165, 1.54) is 6.42 Å². The van der Waals surface area contributed by atoms with E-state index in [1.54, 1.807) is 0 Å². The number of aromatic nitrogens is 1. The van der Waals surface area contributed by atoms with Crippen LogP contribution in [0.25, 0.3) is 0 Å². The first kappa shape index (κ1) is 14.9. The van der Waals surface area contributed by atoms with Gasteiger partial charge in [-0.3, -0.25) is 0 Å². The Bertz CT molecular complexity index is 600. The number of ether oxygens (including phenoxy) is 1. The van der Waals surface area contributed by atoms with Gasteiger partial charge in [0.25, 0.3) is 0 Å². The third-order valence-electron chi connectivity index (χ3n) is 4.16. The van der Waals surface area contributed by atoms with Gasteiger partial charge in [0.05, 0.1) is 0 Å². The van der Waals surface area contributed by atoms with Crippen LogP contribution in [0, 0.1) is 0 Å². The number of nitrogens with zero attached hydrogens (tertiary/aromatic N) is 3. The molecule has 0 N–H and O–H groups in total. The molecule has 116 valence electrons. The van der Waals surface area contributed by atoms with Gasteiger partial charge < -0.3 is 14.5 Å². The molecular weight excluding hydrogens is 274 g/mol. The lowest BCUT2D eigenvalue weighted by Crippen LogP contribution is -2.31. The number of benzene rings is 1. The van der Waals surface area contributed by atoms with E-state index in [2.05, 4.69) is 47.1 Å². The van der Waals surface area contributed by atoms with Crippen LogP contribution in [0.15, 0.2) is 48.5 Å². The van der Waals surface area contributed by atoms with Gasteiger partial charge in [-0.15, -0.1) is 0 Å². The summed E-state index contributed by atoms with van der Waals surface area (Å²) in [6, 6.07) is 16.8. The SMILES string of the molecule is CN(C)C1CCN(c2cccc(OCc3ccccc3)n2)C1. The molecule has 1 aliphatic rings. The Labute approximate surface area is 132 Å². The zero-order chi connectivity index (χ0) is 15.4. The number of pyridine rings is 1. The van der Waals surface area contributed by atoms with Gasteiger partial charge >= 0.3 is 0 Å². The second-order valence-corrected chi connectivity index (χ2v) is 5.96. The zero-order valence-corrected chi connectivity index (χ0v) is 13.3. The van der Waals surface area contributed by atoms with Crippen molar-refractivity contribution in [3.05, 3.63) is 54.1 Å². The minimum atomic E-state index is 0.553. The van der Waals surface area contributed by atoms with Crippen LogP contribution in [0.3, 0.4) is 0 Å². The van der Waals surface area contributed by atoms with E-state index in [0.717, 1.165) is 24.5 Å². The molecule has 3 rings (SSSR count). The van der Waals surface area contributed by atoms with E-state index < -0.39 is 0 Å². The molecule has 0 bridgehead atoms. The number of likely N-dealkylation sites (N-methyl/N-ethyl adjacent to an activating group) is 1. The Morgan fingerprint density at radius 3 is 2.68 bits per heavy atom. The van der Waals surface area contributed by atoms with Crippen LogP contribution in [0.2, 0.25) is 0 Å². The number of rotatable bonds is 5. The van der Waals surface area contributed by atoms with Crippen molar-refractivity contribution in [2.75, 3.05) is 32.1 Å². The molecule has 0 aliphatic carbocycles. The zero-order valence-electron chi connectivity index (χ0n) is 13.3. The maximum atomic E-state index is 5.82. The molecule has 0 amide bonds. The molecule has 1 fully saturated rings. The van der Waals surface area contributed by atoms with Gasteiger partial charge in [-0.1, -0.05) is 36.4 Å². The van der Waals surface area contributed by atoms with Crippen molar-refractivity contribution in [3.63, 3.8) is 0 Å². The van der Waals surface area contributed by atoms with E-state index >= 15 is 0 Å². The molecular formula is C18H23N3O. The summed E-state index contributed by atoms with van der Waals surface area (Å²) in [5, 5.41) is 0. The van der Waals surface area contributed by atoms with E-state index in [4.69, 9.17) is 4.74 Å². The van der Waals surface area contributed by atoms with Gasteiger partial charge in [0.1, 0.15) is 12.4 Å². The molecule has 1 aliphatic heterocycles. The Balaban J connectivity index is 1.63. The van der Waals surface area contributed by atoms with E-state index in [-0.39, 0.29) is 0 Å². The highest BCUT2D eigenvalue weighted by atomic mass is 16.5. The maximum Gasteiger partial charge on any atom is 0.215 e. The Morgan fingerprint density at radius 1 is 1.14 bits per heavy atom. The van der Waals surface area contributed by atoms with E-state index in [9.17, 15) is 0 Å². The predicted molar refractivity (Wildman–Crippen MR) is 89.3 cm³/mol. The van der Waals surface area contributed by atoms with Crippen LogP contribution < -0.4 is 9.64 Å². The molecule has 1 saturated heterocycles. The number of anilines is 1. The monoisotopic (exact) mass is 297 g/mol. The normalized spacial score (nSPS) is 18.0. The number of hydrogen-bond donors (Lipinski definition) is 0. The molecule has 0 spiro atoms. The summed E-state index contributed by atoms with van der Waals surface area (Å²) in [6.07, 6.45) is 1.18. The van der Waals surface area contributed by atoms with Crippen LogP contribution in [0.1, 0.15) is 12.0 Å². The minimum Gasteiger partial charge on any atom is -0.473 e. The topological polar surface area (TPSA) is 28.6 Å². The van der Waals surface area contributed by atoms with Gasteiger partial charge in [-0.2, -0.15) is 4.98 Å². The van der Waals surface area contributed by atoms with Crippen molar-refractivity contribution in [3.8, 4) is 5.88 Å². The quantitative estimate of drug-likeness (QED) is 0.848. The summed E-state index contributed by atoms with van der Waals surface area (Å²) in [6.45, 7) is 2.64. The molecule has 1 unspecified atom stereocenters. The highest BCUT2D eigenvalue weighted by molar-refractivity contribution is 5.42. The largest absolute Gasteiger partial charge is 0.473 e. The molecule has 1 aromatic carbocycles. The second-order valence-electron chi connectivity index (χ2n) is 5.96. The fourth-order valence-corrected chi connectivity index (χ4v) is 2.76. The lowest BCUT2D eigenvalue weighted by molar-refractivity contribution is 0.294. The summed E-state index contributed by atoms with van der Waals surface area (Å²) in [5.41, 5.74) is 1.16. The summed E-state index contributed by atoms with van der Waals surface area (Å²) >= 11 is 0.